The normalized spacial score (nSPS) is 11.2. The molecule has 4 N–H and O–H groups in total. The fourth-order valence-corrected chi connectivity index (χ4v) is 2.47. The average Bonchev–Trinajstić information content (AvgIpc) is 2.71. The van der Waals surface area contributed by atoms with Gasteiger partial charge in [0.1, 0.15) is 34.0 Å². The second-order valence-corrected chi connectivity index (χ2v) is 5.87. The molecule has 0 saturated carbocycles. The third-order valence-electron chi connectivity index (χ3n) is 3.86. The minimum absolute atomic E-state index is 0.00338. The predicted molar refractivity (Wildman–Crippen MR) is 105 cm³/mol. The number of nitrogens with zero attached hydrogens (tertiary/aromatic N) is 4. The number of aromatic carboxylic acids is 2. The lowest BCUT2D eigenvalue weighted by atomic mass is 10.1. The summed E-state index contributed by atoms with van der Waals surface area (Å²) in [5, 5.41) is 53.2. The van der Waals surface area contributed by atoms with Crippen molar-refractivity contribution in [2.75, 3.05) is 0 Å². The highest BCUT2D eigenvalue weighted by Crippen LogP contribution is 2.31. The van der Waals surface area contributed by atoms with E-state index >= 15 is 0 Å². The lowest BCUT2D eigenvalue weighted by Gasteiger charge is -2.02. The molecule has 10 heteroatoms. The van der Waals surface area contributed by atoms with Gasteiger partial charge in [-0.05, 0) is 48.5 Å². The van der Waals surface area contributed by atoms with Gasteiger partial charge in [-0.1, -0.05) is 12.1 Å². The summed E-state index contributed by atoms with van der Waals surface area (Å²) in [7, 11) is 0. The molecule has 0 atom stereocenters. The van der Waals surface area contributed by atoms with E-state index in [1.807, 2.05) is 0 Å². The van der Waals surface area contributed by atoms with Crippen molar-refractivity contribution in [3.05, 3.63) is 71.8 Å². The Labute approximate surface area is 169 Å². The van der Waals surface area contributed by atoms with Gasteiger partial charge in [0.15, 0.2) is 0 Å². The number of benzene rings is 3. The average molecular weight is 406 g/mol. The fraction of sp³-hybridized carbons (Fsp3) is 0. The summed E-state index contributed by atoms with van der Waals surface area (Å²) in [6.07, 6.45) is 0. The Balaban J connectivity index is 1.80. The zero-order valence-corrected chi connectivity index (χ0v) is 15.2. The minimum Gasteiger partial charge on any atom is -0.507 e. The smallest absolute Gasteiger partial charge is 0.341 e. The number of phenols is 2. The SMILES string of the molecule is O=C(O)c1c(O)cccc1N=Nc1ccc(N=Nc2cccc(O)c2C(=O)O)cc1. The Bertz CT molecular complexity index is 1080. The maximum absolute atomic E-state index is 11.2. The van der Waals surface area contributed by atoms with Gasteiger partial charge >= 0.3 is 11.9 Å². The highest BCUT2D eigenvalue weighted by Gasteiger charge is 2.15. The Morgan fingerprint density at radius 2 is 0.933 bits per heavy atom. The van der Waals surface area contributed by atoms with Crippen molar-refractivity contribution in [1.82, 2.24) is 0 Å². The molecule has 0 aliphatic rings. The van der Waals surface area contributed by atoms with Gasteiger partial charge in [0.05, 0.1) is 11.4 Å². The Morgan fingerprint density at radius 3 is 1.27 bits per heavy atom. The van der Waals surface area contributed by atoms with Gasteiger partial charge in [-0.3, -0.25) is 0 Å². The standard InChI is InChI=1S/C20H14N4O6/c25-15-5-1-3-13(17(15)19(27)28)23-21-11-7-9-12(10-8-11)22-24-14-4-2-6-16(26)18(14)20(29)30/h1-10,25-26H,(H,27,28)(H,29,30). The molecule has 0 bridgehead atoms. The first-order valence-corrected chi connectivity index (χ1v) is 8.41. The first-order valence-electron chi connectivity index (χ1n) is 8.41. The van der Waals surface area contributed by atoms with Gasteiger partial charge < -0.3 is 20.4 Å². The van der Waals surface area contributed by atoms with Crippen LogP contribution in [0.15, 0.2) is 81.1 Å². The molecule has 3 aromatic rings. The number of hydrogen-bond donors (Lipinski definition) is 4. The summed E-state index contributed by atoms with van der Waals surface area (Å²) >= 11 is 0. The molecule has 0 amide bonds. The van der Waals surface area contributed by atoms with Crippen LogP contribution in [0, 0.1) is 0 Å². The zero-order valence-electron chi connectivity index (χ0n) is 15.2. The predicted octanol–water partition coefficient (Wildman–Crippen LogP) is 5.33. The van der Waals surface area contributed by atoms with E-state index in [2.05, 4.69) is 20.5 Å². The van der Waals surface area contributed by atoms with E-state index in [1.165, 1.54) is 36.4 Å². The maximum Gasteiger partial charge on any atom is 0.341 e. The molecule has 0 fully saturated rings. The van der Waals surface area contributed by atoms with E-state index in [1.54, 1.807) is 24.3 Å². The summed E-state index contributed by atoms with van der Waals surface area (Å²) in [4.78, 5) is 22.5. The summed E-state index contributed by atoms with van der Waals surface area (Å²) in [5.41, 5.74) is 0.0566. The highest BCUT2D eigenvalue weighted by molar-refractivity contribution is 5.96. The van der Waals surface area contributed by atoms with Crippen molar-refractivity contribution in [3.63, 3.8) is 0 Å². The summed E-state index contributed by atoms with van der Waals surface area (Å²) < 4.78 is 0. The molecule has 150 valence electrons. The third kappa shape index (κ3) is 4.44. The maximum atomic E-state index is 11.2. The summed E-state index contributed by atoms with van der Waals surface area (Å²) in [5.74, 6) is -3.49. The van der Waals surface area contributed by atoms with Gasteiger partial charge in [-0.2, -0.15) is 10.2 Å². The van der Waals surface area contributed by atoms with E-state index in [4.69, 9.17) is 10.2 Å². The molecule has 0 saturated heterocycles. The molecule has 0 aliphatic heterocycles. The molecular formula is C20H14N4O6. The second-order valence-electron chi connectivity index (χ2n) is 5.87. The van der Waals surface area contributed by atoms with Gasteiger partial charge in [-0.25, -0.2) is 9.59 Å². The van der Waals surface area contributed by atoms with Crippen molar-refractivity contribution in [2.24, 2.45) is 20.5 Å². The van der Waals surface area contributed by atoms with Gasteiger partial charge in [-0.15, -0.1) is 10.2 Å². The molecule has 0 aliphatic carbocycles. The third-order valence-corrected chi connectivity index (χ3v) is 3.86. The summed E-state index contributed by atoms with van der Waals surface area (Å²) in [6.45, 7) is 0. The van der Waals surface area contributed by atoms with E-state index in [0.717, 1.165) is 0 Å². The Kier molecular flexibility index (Phi) is 5.78. The van der Waals surface area contributed by atoms with Gasteiger partial charge in [0, 0.05) is 0 Å². The van der Waals surface area contributed by atoms with Crippen LogP contribution >= 0.6 is 0 Å². The first kappa shape index (κ1) is 20.1. The zero-order chi connectivity index (χ0) is 21.7. The van der Waals surface area contributed by atoms with E-state index < -0.39 is 23.4 Å². The van der Waals surface area contributed by atoms with Crippen LogP contribution in [-0.4, -0.2) is 32.4 Å². The van der Waals surface area contributed by atoms with E-state index in [9.17, 15) is 19.8 Å². The fourth-order valence-electron chi connectivity index (χ4n) is 2.47. The largest absolute Gasteiger partial charge is 0.507 e. The van der Waals surface area contributed by atoms with Gasteiger partial charge in [0.25, 0.3) is 0 Å². The summed E-state index contributed by atoms with van der Waals surface area (Å²) in [6, 6.07) is 14.4. The van der Waals surface area contributed by atoms with Crippen molar-refractivity contribution in [1.29, 1.82) is 0 Å². The number of carboxylic acids is 2. The van der Waals surface area contributed by atoms with E-state index in [-0.39, 0.29) is 22.5 Å². The number of aromatic hydroxyl groups is 2. The van der Waals surface area contributed by atoms with E-state index in [0.29, 0.717) is 11.4 Å². The van der Waals surface area contributed by atoms with Crippen molar-refractivity contribution in [2.45, 2.75) is 0 Å². The van der Waals surface area contributed by atoms with Crippen LogP contribution < -0.4 is 0 Å². The minimum atomic E-state index is -1.33. The topological polar surface area (TPSA) is 164 Å². The highest BCUT2D eigenvalue weighted by atomic mass is 16.4. The molecular weight excluding hydrogens is 392 g/mol. The van der Waals surface area contributed by atoms with Crippen molar-refractivity contribution >= 4 is 34.7 Å². The molecule has 10 nitrogen and oxygen atoms in total. The van der Waals surface area contributed by atoms with Crippen LogP contribution in [0.2, 0.25) is 0 Å². The van der Waals surface area contributed by atoms with Gasteiger partial charge in [0.2, 0.25) is 0 Å². The Morgan fingerprint density at radius 1 is 0.567 bits per heavy atom. The number of carbonyl (C=O) groups is 2. The molecule has 0 unspecified atom stereocenters. The second kappa shape index (κ2) is 8.61. The van der Waals surface area contributed by atoms with Crippen LogP contribution in [0.4, 0.5) is 22.7 Å². The number of azo groups is 2. The molecule has 30 heavy (non-hydrogen) atoms. The van der Waals surface area contributed by atoms with Crippen LogP contribution in [0.3, 0.4) is 0 Å². The lowest BCUT2D eigenvalue weighted by Crippen LogP contribution is -1.96. The van der Waals surface area contributed by atoms with Crippen LogP contribution in [0.1, 0.15) is 20.7 Å². The number of hydrogen-bond acceptors (Lipinski definition) is 8. The molecule has 3 rings (SSSR count). The molecule has 0 radical (unpaired) electrons. The van der Waals surface area contributed by atoms with Crippen molar-refractivity contribution < 1.29 is 30.0 Å². The molecule has 3 aromatic carbocycles. The molecule has 0 aromatic heterocycles. The first-order chi connectivity index (χ1) is 14.4. The monoisotopic (exact) mass is 406 g/mol. The molecule has 0 heterocycles. The van der Waals surface area contributed by atoms with Crippen molar-refractivity contribution in [3.8, 4) is 11.5 Å². The van der Waals surface area contributed by atoms with Crippen LogP contribution in [0.25, 0.3) is 0 Å². The molecule has 0 spiro atoms. The number of rotatable bonds is 6. The number of carboxylic acid groups (broad SMARTS) is 2. The lowest BCUT2D eigenvalue weighted by molar-refractivity contribution is 0.0683. The quantitative estimate of drug-likeness (QED) is 0.404. The Hall–Kier alpha value is -4.60. The van der Waals surface area contributed by atoms with Crippen LogP contribution in [0.5, 0.6) is 11.5 Å². The van der Waals surface area contributed by atoms with Crippen LogP contribution in [-0.2, 0) is 0 Å².